The molecule has 6 nitrogen and oxygen atoms in total. The Labute approximate surface area is 182 Å². The van der Waals surface area contributed by atoms with Gasteiger partial charge in [-0.25, -0.2) is 27.3 Å². The molecule has 3 aromatic carbocycles. The molecule has 4 rings (SSSR count). The Morgan fingerprint density at radius 1 is 0.969 bits per heavy atom. The molecule has 1 aromatic heterocycles. The van der Waals surface area contributed by atoms with Crippen LogP contribution in [0.3, 0.4) is 0 Å². The summed E-state index contributed by atoms with van der Waals surface area (Å²) in [6.07, 6.45) is -3.03. The van der Waals surface area contributed by atoms with Crippen LogP contribution < -0.4 is 5.69 Å². The van der Waals surface area contributed by atoms with Gasteiger partial charge >= 0.3 is 11.7 Å². The summed E-state index contributed by atoms with van der Waals surface area (Å²) in [5.74, 6) is -3.49. The molecular formula is C22H12ClF3N2O4. The Kier molecular flexibility index (Phi) is 5.35. The van der Waals surface area contributed by atoms with Gasteiger partial charge in [-0.2, -0.15) is 0 Å². The highest BCUT2D eigenvalue weighted by Crippen LogP contribution is 2.30. The van der Waals surface area contributed by atoms with E-state index in [1.54, 1.807) is 0 Å². The Hall–Kier alpha value is -3.85. The molecule has 0 aliphatic rings. The fourth-order valence-corrected chi connectivity index (χ4v) is 3.72. The maximum Gasteiger partial charge on any atom is 0.340 e. The van der Waals surface area contributed by atoms with E-state index in [0.29, 0.717) is 4.57 Å². The Bertz CT molecular complexity index is 1460. The SMILES string of the molecule is O=C(O)c1ccc(-n2c(=O)n(C(=O)c3c(Cl)cccc3C(F)F)c3ccccc32)c(F)c1. The molecule has 32 heavy (non-hydrogen) atoms. The molecule has 0 spiro atoms. The summed E-state index contributed by atoms with van der Waals surface area (Å²) in [5, 5.41) is 8.77. The molecule has 0 fully saturated rings. The van der Waals surface area contributed by atoms with Gasteiger partial charge in [-0.15, -0.1) is 0 Å². The zero-order valence-corrected chi connectivity index (χ0v) is 16.7. The van der Waals surface area contributed by atoms with E-state index in [1.165, 1.54) is 36.4 Å². The highest BCUT2D eigenvalue weighted by atomic mass is 35.5. The van der Waals surface area contributed by atoms with E-state index in [0.717, 1.165) is 28.8 Å². The number of halogens is 4. The summed E-state index contributed by atoms with van der Waals surface area (Å²) in [6.45, 7) is 0. The number of aromatic carboxylic acids is 1. The fraction of sp³-hybridized carbons (Fsp3) is 0.0455. The highest BCUT2D eigenvalue weighted by Gasteiger charge is 2.27. The van der Waals surface area contributed by atoms with Crippen LogP contribution >= 0.6 is 11.6 Å². The van der Waals surface area contributed by atoms with Crippen LogP contribution in [0.15, 0.2) is 65.5 Å². The molecule has 0 aliphatic carbocycles. The quantitative estimate of drug-likeness (QED) is 0.469. The third kappa shape index (κ3) is 3.36. The van der Waals surface area contributed by atoms with E-state index in [-0.39, 0.29) is 27.3 Å². The first kappa shape index (κ1) is 21.4. The lowest BCUT2D eigenvalue weighted by Gasteiger charge is -2.10. The van der Waals surface area contributed by atoms with Gasteiger partial charge in [-0.1, -0.05) is 35.9 Å². The number of rotatable bonds is 4. The van der Waals surface area contributed by atoms with Gasteiger partial charge in [0.2, 0.25) is 0 Å². The Morgan fingerprint density at radius 3 is 2.28 bits per heavy atom. The lowest BCUT2D eigenvalue weighted by atomic mass is 10.1. The van der Waals surface area contributed by atoms with E-state index in [1.807, 2.05) is 0 Å². The number of hydrogen-bond acceptors (Lipinski definition) is 3. The van der Waals surface area contributed by atoms with Crippen molar-refractivity contribution >= 4 is 34.5 Å². The topological polar surface area (TPSA) is 81.3 Å². The molecule has 0 radical (unpaired) electrons. The van der Waals surface area contributed by atoms with Crippen molar-refractivity contribution < 1.29 is 27.9 Å². The van der Waals surface area contributed by atoms with Gasteiger partial charge in [0.1, 0.15) is 5.82 Å². The number of benzene rings is 3. The van der Waals surface area contributed by atoms with Crippen LogP contribution in [0.4, 0.5) is 13.2 Å². The fourth-order valence-electron chi connectivity index (χ4n) is 3.46. The molecule has 10 heteroatoms. The number of fused-ring (bicyclic) bond motifs is 1. The van der Waals surface area contributed by atoms with Crippen LogP contribution in [0.5, 0.6) is 0 Å². The monoisotopic (exact) mass is 460 g/mol. The summed E-state index contributed by atoms with van der Waals surface area (Å²) in [4.78, 5) is 37.6. The van der Waals surface area contributed by atoms with E-state index in [4.69, 9.17) is 16.7 Å². The Morgan fingerprint density at radius 2 is 1.66 bits per heavy atom. The van der Waals surface area contributed by atoms with Crippen LogP contribution in [0.1, 0.15) is 32.7 Å². The number of para-hydroxylation sites is 2. The average Bonchev–Trinajstić information content (AvgIpc) is 3.04. The lowest BCUT2D eigenvalue weighted by Crippen LogP contribution is -2.30. The number of alkyl halides is 2. The van der Waals surface area contributed by atoms with E-state index < -0.39 is 40.9 Å². The minimum Gasteiger partial charge on any atom is -0.478 e. The standard InChI is InChI=1S/C22H12ClF3N2O4/c23-13-5-3-4-12(19(25)26)18(13)20(29)28-17-7-2-1-6-16(17)27(22(28)32)15-9-8-11(21(30)31)10-14(15)24/h1-10,19H,(H,30,31). The van der Waals surface area contributed by atoms with Gasteiger partial charge in [-0.3, -0.25) is 9.36 Å². The normalized spacial score (nSPS) is 11.3. The predicted octanol–water partition coefficient (Wildman–Crippen LogP) is 4.91. The van der Waals surface area contributed by atoms with Crippen molar-refractivity contribution in [3.63, 3.8) is 0 Å². The van der Waals surface area contributed by atoms with Crippen LogP contribution in [-0.2, 0) is 0 Å². The summed E-state index contributed by atoms with van der Waals surface area (Å²) < 4.78 is 43.3. The first-order valence-electron chi connectivity index (χ1n) is 9.09. The largest absolute Gasteiger partial charge is 0.478 e. The third-order valence-electron chi connectivity index (χ3n) is 4.88. The lowest BCUT2D eigenvalue weighted by molar-refractivity contribution is 0.0696. The molecule has 1 heterocycles. The minimum absolute atomic E-state index is 0.0318. The van der Waals surface area contributed by atoms with Gasteiger partial charge in [0.05, 0.1) is 32.9 Å². The van der Waals surface area contributed by atoms with Crippen LogP contribution in [0.25, 0.3) is 16.7 Å². The molecule has 0 saturated heterocycles. The maximum absolute atomic E-state index is 14.7. The third-order valence-corrected chi connectivity index (χ3v) is 5.19. The first-order chi connectivity index (χ1) is 15.2. The van der Waals surface area contributed by atoms with Crippen molar-refractivity contribution in [2.75, 3.05) is 0 Å². The number of carboxylic acids is 1. The van der Waals surface area contributed by atoms with Crippen molar-refractivity contribution in [2.45, 2.75) is 6.43 Å². The molecule has 4 aromatic rings. The van der Waals surface area contributed by atoms with Crippen molar-refractivity contribution in [1.29, 1.82) is 0 Å². The number of nitrogens with zero attached hydrogens (tertiary/aromatic N) is 2. The van der Waals surface area contributed by atoms with Gasteiger partial charge in [0.15, 0.2) is 0 Å². The second-order valence-corrected chi connectivity index (χ2v) is 7.13. The van der Waals surface area contributed by atoms with Crippen molar-refractivity contribution in [2.24, 2.45) is 0 Å². The molecule has 0 saturated carbocycles. The van der Waals surface area contributed by atoms with Gasteiger partial charge in [-0.05, 0) is 36.4 Å². The molecular weight excluding hydrogens is 449 g/mol. The summed E-state index contributed by atoms with van der Waals surface area (Å²) in [6, 6.07) is 12.3. The van der Waals surface area contributed by atoms with Crippen molar-refractivity contribution in [3.8, 4) is 5.69 Å². The molecule has 162 valence electrons. The summed E-state index contributed by atoms with van der Waals surface area (Å²) in [7, 11) is 0. The first-order valence-corrected chi connectivity index (χ1v) is 9.47. The van der Waals surface area contributed by atoms with Crippen LogP contribution in [0.2, 0.25) is 5.02 Å². The Balaban J connectivity index is 2.02. The number of imidazole rings is 1. The maximum atomic E-state index is 14.7. The molecule has 0 amide bonds. The van der Waals surface area contributed by atoms with Crippen molar-refractivity contribution in [1.82, 2.24) is 9.13 Å². The van der Waals surface area contributed by atoms with E-state index >= 15 is 0 Å². The summed E-state index contributed by atoms with van der Waals surface area (Å²) in [5.41, 5.74) is -2.73. The number of carbonyl (C=O) groups is 2. The minimum atomic E-state index is -3.03. The van der Waals surface area contributed by atoms with Gasteiger partial charge in [0, 0.05) is 5.56 Å². The second kappa shape index (κ2) is 8.01. The zero-order chi connectivity index (χ0) is 23.2. The molecule has 0 atom stereocenters. The molecule has 0 unspecified atom stereocenters. The highest BCUT2D eigenvalue weighted by molar-refractivity contribution is 6.34. The van der Waals surface area contributed by atoms with Gasteiger partial charge in [0.25, 0.3) is 12.3 Å². The van der Waals surface area contributed by atoms with Gasteiger partial charge < -0.3 is 5.11 Å². The average molecular weight is 461 g/mol. The number of aromatic nitrogens is 2. The molecule has 0 aliphatic heterocycles. The summed E-state index contributed by atoms with van der Waals surface area (Å²) >= 11 is 6.03. The zero-order valence-electron chi connectivity index (χ0n) is 15.9. The van der Waals surface area contributed by atoms with E-state index in [9.17, 15) is 27.6 Å². The number of carbonyl (C=O) groups excluding carboxylic acids is 1. The molecule has 1 N–H and O–H groups in total. The smallest absolute Gasteiger partial charge is 0.340 e. The number of carboxylic acid groups (broad SMARTS) is 1. The second-order valence-electron chi connectivity index (χ2n) is 6.72. The van der Waals surface area contributed by atoms with Crippen LogP contribution in [-0.4, -0.2) is 26.1 Å². The van der Waals surface area contributed by atoms with E-state index in [2.05, 4.69) is 0 Å². The predicted molar refractivity (Wildman–Crippen MR) is 111 cm³/mol. The van der Waals surface area contributed by atoms with Crippen LogP contribution in [0, 0.1) is 5.82 Å². The van der Waals surface area contributed by atoms with Crippen molar-refractivity contribution in [3.05, 3.63) is 98.7 Å². The molecule has 0 bridgehead atoms. The number of hydrogen-bond donors (Lipinski definition) is 1.